The Morgan fingerprint density at radius 1 is 1.12 bits per heavy atom. The van der Waals surface area contributed by atoms with Gasteiger partial charge < -0.3 is 14.8 Å². The van der Waals surface area contributed by atoms with Crippen molar-refractivity contribution in [2.24, 2.45) is 0 Å². The maximum Gasteiger partial charge on any atom is 0.257 e. The minimum Gasteiger partial charge on any atom is -0.454 e. The van der Waals surface area contributed by atoms with E-state index in [4.69, 9.17) is 32.7 Å². The van der Waals surface area contributed by atoms with E-state index in [0.717, 1.165) is 5.56 Å². The molecule has 8 heteroatoms. The van der Waals surface area contributed by atoms with Gasteiger partial charge in [0.25, 0.3) is 5.91 Å². The molecule has 0 fully saturated rings. The Hall–Kier alpha value is -2.70. The van der Waals surface area contributed by atoms with Gasteiger partial charge in [0.05, 0.1) is 6.54 Å². The zero-order valence-corrected chi connectivity index (χ0v) is 14.9. The summed E-state index contributed by atoms with van der Waals surface area (Å²) < 4.78 is 12.2. The lowest BCUT2D eigenvalue weighted by Gasteiger charge is -2.06. The highest BCUT2D eigenvalue weighted by molar-refractivity contribution is 6.35. The largest absolute Gasteiger partial charge is 0.454 e. The first-order valence-electron chi connectivity index (χ1n) is 7.77. The quantitative estimate of drug-likeness (QED) is 0.725. The molecule has 1 aliphatic heterocycles. The van der Waals surface area contributed by atoms with Gasteiger partial charge in [0.15, 0.2) is 17.3 Å². The molecule has 1 aliphatic rings. The average Bonchev–Trinajstić information content (AvgIpc) is 3.25. The summed E-state index contributed by atoms with van der Waals surface area (Å²) in [4.78, 5) is 12.4. The van der Waals surface area contributed by atoms with Crippen LogP contribution in [0.3, 0.4) is 0 Å². The van der Waals surface area contributed by atoms with Gasteiger partial charge in [-0.1, -0.05) is 29.3 Å². The zero-order chi connectivity index (χ0) is 18.1. The van der Waals surface area contributed by atoms with E-state index in [1.165, 1.54) is 0 Å². The van der Waals surface area contributed by atoms with Crippen LogP contribution in [-0.2, 0) is 6.54 Å². The van der Waals surface area contributed by atoms with Gasteiger partial charge >= 0.3 is 0 Å². The summed E-state index contributed by atoms with van der Waals surface area (Å²) in [5, 5.41) is 8.25. The lowest BCUT2D eigenvalue weighted by Crippen LogP contribution is -2.12. The molecule has 4 rings (SSSR count). The lowest BCUT2D eigenvalue weighted by atomic mass is 10.2. The number of rotatable bonds is 4. The molecule has 1 N–H and O–H groups in total. The van der Waals surface area contributed by atoms with Crippen LogP contribution in [-0.4, -0.2) is 22.5 Å². The average molecular weight is 390 g/mol. The Morgan fingerprint density at radius 3 is 2.81 bits per heavy atom. The van der Waals surface area contributed by atoms with Crippen LogP contribution in [0.15, 0.2) is 48.7 Å². The highest BCUT2D eigenvalue weighted by atomic mass is 35.5. The fourth-order valence-corrected chi connectivity index (χ4v) is 3.04. The molecule has 2 heterocycles. The van der Waals surface area contributed by atoms with E-state index in [9.17, 15) is 4.79 Å². The molecule has 0 spiro atoms. The number of amides is 1. The number of halogens is 2. The second kappa shape index (κ2) is 6.90. The Morgan fingerprint density at radius 2 is 1.96 bits per heavy atom. The minimum absolute atomic E-state index is 0.165. The molecular formula is C18H13Cl2N3O3. The van der Waals surface area contributed by atoms with Crippen molar-refractivity contribution in [1.29, 1.82) is 0 Å². The van der Waals surface area contributed by atoms with Gasteiger partial charge in [0.2, 0.25) is 6.79 Å². The summed E-state index contributed by atoms with van der Waals surface area (Å²) >= 11 is 12.1. The van der Waals surface area contributed by atoms with E-state index < -0.39 is 0 Å². The van der Waals surface area contributed by atoms with Crippen LogP contribution >= 0.6 is 23.2 Å². The predicted molar refractivity (Wildman–Crippen MR) is 98.3 cm³/mol. The molecule has 0 bridgehead atoms. The third-order valence-corrected chi connectivity index (χ3v) is 4.45. The first-order chi connectivity index (χ1) is 12.6. The van der Waals surface area contributed by atoms with Crippen LogP contribution < -0.4 is 14.8 Å². The summed E-state index contributed by atoms with van der Waals surface area (Å²) in [6.07, 6.45) is 1.76. The predicted octanol–water partition coefficient (Wildman–Crippen LogP) is 4.22. The molecule has 0 saturated heterocycles. The summed E-state index contributed by atoms with van der Waals surface area (Å²) in [5.41, 5.74) is 1.34. The van der Waals surface area contributed by atoms with Crippen LogP contribution in [0.25, 0.3) is 0 Å². The summed E-state index contributed by atoms with van der Waals surface area (Å²) in [5.74, 6) is 1.35. The van der Waals surface area contributed by atoms with Gasteiger partial charge in [-0.25, -0.2) is 0 Å². The first-order valence-corrected chi connectivity index (χ1v) is 8.52. The molecule has 1 amide bonds. The van der Waals surface area contributed by atoms with Crippen LogP contribution in [0.1, 0.15) is 15.9 Å². The first kappa shape index (κ1) is 16.8. The number of benzene rings is 2. The Balaban J connectivity index is 1.45. The number of nitrogens with zero attached hydrogens (tertiary/aromatic N) is 2. The minimum atomic E-state index is -0.280. The van der Waals surface area contributed by atoms with Crippen LogP contribution in [0.2, 0.25) is 10.0 Å². The molecule has 1 aromatic heterocycles. The second-order valence-corrected chi connectivity index (χ2v) is 6.50. The molecule has 0 radical (unpaired) electrons. The highest BCUT2D eigenvalue weighted by Gasteiger charge is 2.16. The number of hydrogen-bond acceptors (Lipinski definition) is 4. The number of aromatic nitrogens is 2. The Labute approximate surface area is 159 Å². The SMILES string of the molecule is O=C(Nc1ccn(Cc2ccc(Cl)cc2Cl)n1)c1ccc2c(c1)OCO2. The molecular weight excluding hydrogens is 377 g/mol. The van der Waals surface area contributed by atoms with Gasteiger partial charge in [0, 0.05) is 27.9 Å². The maximum atomic E-state index is 12.4. The molecule has 0 aliphatic carbocycles. The fourth-order valence-electron chi connectivity index (χ4n) is 2.57. The van der Waals surface area contributed by atoms with E-state index in [0.29, 0.717) is 39.5 Å². The van der Waals surface area contributed by atoms with Crippen molar-refractivity contribution in [3.63, 3.8) is 0 Å². The molecule has 2 aromatic carbocycles. The topological polar surface area (TPSA) is 65.4 Å². The summed E-state index contributed by atoms with van der Waals surface area (Å²) in [6, 6.07) is 12.0. The van der Waals surface area contributed by atoms with Crippen LogP contribution in [0, 0.1) is 0 Å². The number of ether oxygens (including phenoxy) is 2. The van der Waals surface area contributed by atoms with Gasteiger partial charge in [0.1, 0.15) is 0 Å². The van der Waals surface area contributed by atoms with Gasteiger partial charge in [-0.3, -0.25) is 9.48 Å². The Kier molecular flexibility index (Phi) is 4.44. The lowest BCUT2D eigenvalue weighted by molar-refractivity contribution is 0.102. The maximum absolute atomic E-state index is 12.4. The van der Waals surface area contributed by atoms with Gasteiger partial charge in [-0.15, -0.1) is 0 Å². The smallest absolute Gasteiger partial charge is 0.257 e. The number of anilines is 1. The molecule has 0 atom stereocenters. The standard InChI is InChI=1S/C18H13Cl2N3O3/c19-13-3-1-12(14(20)8-13)9-23-6-5-17(22-23)21-18(24)11-2-4-15-16(7-11)26-10-25-15/h1-8H,9-10H2,(H,21,22,24). The number of nitrogens with one attached hydrogen (secondary N) is 1. The van der Waals surface area contributed by atoms with Crippen LogP contribution in [0.4, 0.5) is 5.82 Å². The van der Waals surface area contributed by atoms with Gasteiger partial charge in [-0.05, 0) is 35.9 Å². The normalized spacial score (nSPS) is 12.2. The van der Waals surface area contributed by atoms with Crippen molar-refractivity contribution in [1.82, 2.24) is 9.78 Å². The third-order valence-electron chi connectivity index (χ3n) is 3.86. The molecule has 132 valence electrons. The highest BCUT2D eigenvalue weighted by Crippen LogP contribution is 2.32. The number of fused-ring (bicyclic) bond motifs is 1. The van der Waals surface area contributed by atoms with E-state index in [1.807, 2.05) is 6.07 Å². The molecule has 0 saturated carbocycles. The number of carbonyl (C=O) groups is 1. The molecule has 0 unspecified atom stereocenters. The van der Waals surface area contributed by atoms with Crippen LogP contribution in [0.5, 0.6) is 11.5 Å². The van der Waals surface area contributed by atoms with Crippen molar-refractivity contribution in [3.05, 3.63) is 69.8 Å². The summed E-state index contributed by atoms with van der Waals surface area (Å²) in [7, 11) is 0. The fraction of sp³-hybridized carbons (Fsp3) is 0.111. The van der Waals surface area contributed by atoms with Crippen molar-refractivity contribution < 1.29 is 14.3 Å². The third kappa shape index (κ3) is 3.47. The Bertz CT molecular complexity index is 988. The summed E-state index contributed by atoms with van der Waals surface area (Å²) in [6.45, 7) is 0.633. The second-order valence-electron chi connectivity index (χ2n) is 5.66. The van der Waals surface area contributed by atoms with Crippen molar-refractivity contribution >= 4 is 34.9 Å². The van der Waals surface area contributed by atoms with E-state index >= 15 is 0 Å². The number of carbonyl (C=O) groups excluding carboxylic acids is 1. The van der Waals surface area contributed by atoms with E-state index in [-0.39, 0.29) is 12.7 Å². The molecule has 6 nitrogen and oxygen atoms in total. The van der Waals surface area contributed by atoms with E-state index in [2.05, 4.69) is 10.4 Å². The van der Waals surface area contributed by atoms with Gasteiger partial charge in [-0.2, -0.15) is 5.10 Å². The zero-order valence-electron chi connectivity index (χ0n) is 13.4. The number of hydrogen-bond donors (Lipinski definition) is 1. The van der Waals surface area contributed by atoms with Crippen molar-refractivity contribution in [2.45, 2.75) is 6.54 Å². The van der Waals surface area contributed by atoms with Crippen molar-refractivity contribution in [2.75, 3.05) is 12.1 Å². The van der Waals surface area contributed by atoms with E-state index in [1.54, 1.807) is 47.3 Å². The monoisotopic (exact) mass is 389 g/mol. The van der Waals surface area contributed by atoms with Crippen molar-refractivity contribution in [3.8, 4) is 11.5 Å². The molecule has 3 aromatic rings. The molecule has 26 heavy (non-hydrogen) atoms.